The molecule has 4 heteroatoms. The lowest BCUT2D eigenvalue weighted by Crippen LogP contribution is -2.01. The quantitative estimate of drug-likeness (QED) is 0.722. The van der Waals surface area contributed by atoms with Crippen molar-refractivity contribution in [2.75, 3.05) is 14.2 Å². The van der Waals surface area contributed by atoms with Gasteiger partial charge in [-0.1, -0.05) is 12.1 Å². The molecule has 0 unspecified atom stereocenters. The van der Waals surface area contributed by atoms with Gasteiger partial charge in [0, 0.05) is 11.6 Å². The molecule has 4 nitrogen and oxygen atoms in total. The van der Waals surface area contributed by atoms with Crippen LogP contribution in [0.15, 0.2) is 30.5 Å². The van der Waals surface area contributed by atoms with Gasteiger partial charge in [0.1, 0.15) is 11.3 Å². The predicted molar refractivity (Wildman–Crippen MR) is 59.6 cm³/mol. The van der Waals surface area contributed by atoms with Crippen LogP contribution in [0.4, 0.5) is 0 Å². The number of rotatable bonds is 2. The Balaban J connectivity index is 2.59. The minimum Gasteiger partial charge on any atom is -0.494 e. The number of ether oxygens (including phenoxy) is 2. The fourth-order valence-electron chi connectivity index (χ4n) is 1.53. The van der Waals surface area contributed by atoms with E-state index in [1.807, 2.05) is 18.2 Å². The summed E-state index contributed by atoms with van der Waals surface area (Å²) in [6.45, 7) is 0. The maximum Gasteiger partial charge on any atom is 0.339 e. The summed E-state index contributed by atoms with van der Waals surface area (Å²) in [6, 6.07) is 7.28. The molecule has 1 heterocycles. The summed E-state index contributed by atoms with van der Waals surface area (Å²) in [5, 5.41) is 0.849. The number of para-hydroxylation sites is 1. The van der Waals surface area contributed by atoms with Crippen molar-refractivity contribution in [3.8, 4) is 5.75 Å². The molecule has 0 aliphatic heterocycles. The Bertz CT molecular complexity index is 537. The molecular weight excluding hydrogens is 206 g/mol. The molecule has 0 spiro atoms. The van der Waals surface area contributed by atoms with Crippen molar-refractivity contribution >= 4 is 16.9 Å². The van der Waals surface area contributed by atoms with Gasteiger partial charge in [-0.15, -0.1) is 0 Å². The van der Waals surface area contributed by atoms with Gasteiger partial charge in [-0.2, -0.15) is 0 Å². The second kappa shape index (κ2) is 4.18. The van der Waals surface area contributed by atoms with Gasteiger partial charge in [0.15, 0.2) is 0 Å². The lowest BCUT2D eigenvalue weighted by molar-refractivity contribution is 0.0600. The fourth-order valence-corrected chi connectivity index (χ4v) is 1.53. The van der Waals surface area contributed by atoms with Crippen LogP contribution in [0, 0.1) is 0 Å². The topological polar surface area (TPSA) is 48.4 Å². The summed E-state index contributed by atoms with van der Waals surface area (Å²) in [5.74, 6) is 0.297. The summed E-state index contributed by atoms with van der Waals surface area (Å²) >= 11 is 0. The molecule has 0 atom stereocenters. The second-order valence-electron chi connectivity index (χ2n) is 3.25. The Labute approximate surface area is 92.8 Å². The van der Waals surface area contributed by atoms with E-state index in [0.29, 0.717) is 11.3 Å². The highest BCUT2D eigenvalue weighted by Gasteiger charge is 2.08. The molecule has 0 fully saturated rings. The van der Waals surface area contributed by atoms with E-state index < -0.39 is 5.97 Å². The Morgan fingerprint density at radius 1 is 1.31 bits per heavy atom. The first-order valence-corrected chi connectivity index (χ1v) is 4.77. The Morgan fingerprint density at radius 3 is 2.81 bits per heavy atom. The summed E-state index contributed by atoms with van der Waals surface area (Å²) in [7, 11) is 2.93. The third kappa shape index (κ3) is 1.69. The maximum absolute atomic E-state index is 11.3. The number of pyridine rings is 1. The zero-order valence-electron chi connectivity index (χ0n) is 9.06. The Morgan fingerprint density at radius 2 is 2.12 bits per heavy atom. The zero-order valence-corrected chi connectivity index (χ0v) is 9.06. The maximum atomic E-state index is 11.3. The lowest BCUT2D eigenvalue weighted by atomic mass is 10.1. The van der Waals surface area contributed by atoms with Gasteiger partial charge in [-0.25, -0.2) is 4.79 Å². The zero-order chi connectivity index (χ0) is 11.5. The highest BCUT2D eigenvalue weighted by molar-refractivity contribution is 5.94. The Hall–Kier alpha value is -2.10. The van der Waals surface area contributed by atoms with Gasteiger partial charge in [-0.3, -0.25) is 4.98 Å². The molecule has 0 radical (unpaired) electrons. The van der Waals surface area contributed by atoms with Crippen LogP contribution in [0.1, 0.15) is 10.4 Å². The van der Waals surface area contributed by atoms with Crippen molar-refractivity contribution in [2.45, 2.75) is 0 Å². The van der Waals surface area contributed by atoms with E-state index in [1.54, 1.807) is 13.2 Å². The average molecular weight is 217 g/mol. The SMILES string of the molecule is COC(=O)c1cnc2c(OC)cccc2c1. The molecule has 0 bridgehead atoms. The smallest absolute Gasteiger partial charge is 0.339 e. The van der Waals surface area contributed by atoms with Gasteiger partial charge in [-0.05, 0) is 12.1 Å². The van der Waals surface area contributed by atoms with E-state index in [4.69, 9.17) is 4.74 Å². The van der Waals surface area contributed by atoms with Crippen LogP contribution in [0.2, 0.25) is 0 Å². The lowest BCUT2D eigenvalue weighted by Gasteiger charge is -2.05. The number of carbonyl (C=O) groups excluding carboxylic acids is 1. The van der Waals surface area contributed by atoms with Crippen LogP contribution in [-0.4, -0.2) is 25.2 Å². The van der Waals surface area contributed by atoms with Gasteiger partial charge >= 0.3 is 5.97 Å². The first-order chi connectivity index (χ1) is 7.76. The van der Waals surface area contributed by atoms with Gasteiger partial charge < -0.3 is 9.47 Å². The monoisotopic (exact) mass is 217 g/mol. The van der Waals surface area contributed by atoms with Crippen LogP contribution in [0.3, 0.4) is 0 Å². The first-order valence-electron chi connectivity index (χ1n) is 4.77. The molecule has 2 aromatic rings. The number of hydrogen-bond donors (Lipinski definition) is 0. The predicted octanol–water partition coefficient (Wildman–Crippen LogP) is 2.03. The molecular formula is C12H11NO3. The van der Waals surface area contributed by atoms with Crippen LogP contribution >= 0.6 is 0 Å². The van der Waals surface area contributed by atoms with Crippen molar-refractivity contribution in [3.05, 3.63) is 36.0 Å². The number of carbonyl (C=O) groups is 1. The van der Waals surface area contributed by atoms with Crippen molar-refractivity contribution < 1.29 is 14.3 Å². The second-order valence-corrected chi connectivity index (χ2v) is 3.25. The molecule has 0 aliphatic carbocycles. The highest BCUT2D eigenvalue weighted by atomic mass is 16.5. The number of fused-ring (bicyclic) bond motifs is 1. The molecule has 2 rings (SSSR count). The van der Waals surface area contributed by atoms with Crippen molar-refractivity contribution in [1.82, 2.24) is 4.98 Å². The molecule has 0 aliphatic rings. The van der Waals surface area contributed by atoms with E-state index in [9.17, 15) is 4.79 Å². The van der Waals surface area contributed by atoms with Gasteiger partial charge in [0.05, 0.1) is 19.8 Å². The molecule has 1 aromatic heterocycles. The molecule has 1 aromatic carbocycles. The summed E-state index contributed by atoms with van der Waals surface area (Å²) in [5.41, 5.74) is 1.17. The van der Waals surface area contributed by atoms with Gasteiger partial charge in [0.25, 0.3) is 0 Å². The standard InChI is InChI=1S/C12H11NO3/c1-15-10-5-3-4-8-6-9(12(14)16-2)7-13-11(8)10/h3-7H,1-2H3. The minimum atomic E-state index is -0.391. The third-order valence-electron chi connectivity index (χ3n) is 2.31. The van der Waals surface area contributed by atoms with E-state index >= 15 is 0 Å². The van der Waals surface area contributed by atoms with E-state index in [1.165, 1.54) is 13.3 Å². The molecule has 0 saturated heterocycles. The van der Waals surface area contributed by atoms with Crippen LogP contribution in [0.25, 0.3) is 10.9 Å². The number of benzene rings is 1. The molecule has 82 valence electrons. The third-order valence-corrected chi connectivity index (χ3v) is 2.31. The number of esters is 1. The van der Waals surface area contributed by atoms with Crippen molar-refractivity contribution in [2.24, 2.45) is 0 Å². The fraction of sp³-hybridized carbons (Fsp3) is 0.167. The summed E-state index contributed by atoms with van der Waals surface area (Å²) in [6.07, 6.45) is 1.48. The van der Waals surface area contributed by atoms with Crippen LogP contribution < -0.4 is 4.74 Å². The van der Waals surface area contributed by atoms with Crippen LogP contribution in [-0.2, 0) is 4.74 Å². The van der Waals surface area contributed by atoms with E-state index in [0.717, 1.165) is 10.9 Å². The molecule has 0 N–H and O–H groups in total. The minimum absolute atomic E-state index is 0.391. The van der Waals surface area contributed by atoms with Crippen LogP contribution in [0.5, 0.6) is 5.75 Å². The molecule has 16 heavy (non-hydrogen) atoms. The number of aromatic nitrogens is 1. The van der Waals surface area contributed by atoms with Crippen molar-refractivity contribution in [1.29, 1.82) is 0 Å². The largest absolute Gasteiger partial charge is 0.494 e. The van der Waals surface area contributed by atoms with Crippen molar-refractivity contribution in [3.63, 3.8) is 0 Å². The Kier molecular flexibility index (Phi) is 2.72. The number of hydrogen-bond acceptors (Lipinski definition) is 4. The first kappa shape index (κ1) is 10.4. The highest BCUT2D eigenvalue weighted by Crippen LogP contribution is 2.23. The normalized spacial score (nSPS) is 10.1. The van der Waals surface area contributed by atoms with E-state index in [-0.39, 0.29) is 0 Å². The molecule has 0 saturated carbocycles. The number of nitrogens with zero attached hydrogens (tertiary/aromatic N) is 1. The summed E-state index contributed by atoms with van der Waals surface area (Å²) < 4.78 is 9.81. The molecule has 0 amide bonds. The number of methoxy groups -OCH3 is 2. The summed E-state index contributed by atoms with van der Waals surface area (Å²) in [4.78, 5) is 15.5. The van der Waals surface area contributed by atoms with Gasteiger partial charge in [0.2, 0.25) is 0 Å². The average Bonchev–Trinajstić information content (AvgIpc) is 2.36. The van der Waals surface area contributed by atoms with E-state index in [2.05, 4.69) is 9.72 Å².